The van der Waals surface area contributed by atoms with Crippen molar-refractivity contribution in [3.05, 3.63) is 41.8 Å². The summed E-state index contributed by atoms with van der Waals surface area (Å²) in [7, 11) is 0. The lowest BCUT2D eigenvalue weighted by molar-refractivity contribution is 0.841. The fourth-order valence-corrected chi connectivity index (χ4v) is 0.988. The van der Waals surface area contributed by atoms with E-state index >= 15 is 0 Å². The molecule has 0 unspecified atom stereocenters. The Bertz CT molecular complexity index is 369. The lowest BCUT2D eigenvalue weighted by Crippen LogP contribution is -1.96. The van der Waals surface area contributed by atoms with Gasteiger partial charge in [-0.2, -0.15) is 5.10 Å². The quantitative estimate of drug-likeness (QED) is 0.666. The average molecular weight is 179 g/mol. The van der Waals surface area contributed by atoms with E-state index in [4.69, 9.17) is 11.6 Å². The van der Waals surface area contributed by atoms with Crippen molar-refractivity contribution in [2.45, 2.75) is 0 Å². The van der Waals surface area contributed by atoms with Gasteiger partial charge in [0.05, 0.1) is 6.20 Å². The number of nitrogens with zero attached hydrogens (tertiary/aromatic N) is 3. The van der Waals surface area contributed by atoms with E-state index in [1.165, 1.54) is 4.68 Å². The zero-order valence-electron chi connectivity index (χ0n) is 6.11. The van der Waals surface area contributed by atoms with Gasteiger partial charge in [-0.1, -0.05) is 17.7 Å². The standard InChI is InChI=1S/C8H5ClN3/c9-7-4-6-12(11-7)8-3-1-2-5-10-8/h1-5H. The topological polar surface area (TPSA) is 30.7 Å². The van der Waals surface area contributed by atoms with Crippen LogP contribution in [0.15, 0.2) is 30.5 Å². The molecule has 0 saturated carbocycles. The van der Waals surface area contributed by atoms with Gasteiger partial charge in [0.1, 0.15) is 0 Å². The summed E-state index contributed by atoms with van der Waals surface area (Å²) in [6, 6.07) is 7.15. The molecule has 0 saturated heterocycles. The van der Waals surface area contributed by atoms with Crippen LogP contribution in [-0.2, 0) is 0 Å². The average Bonchev–Trinajstić information content (AvgIpc) is 2.54. The van der Waals surface area contributed by atoms with Crippen molar-refractivity contribution >= 4 is 11.6 Å². The number of hydrogen-bond acceptors (Lipinski definition) is 2. The molecule has 2 rings (SSSR count). The van der Waals surface area contributed by atoms with Crippen LogP contribution in [0.25, 0.3) is 5.82 Å². The van der Waals surface area contributed by atoms with Crippen LogP contribution < -0.4 is 0 Å². The van der Waals surface area contributed by atoms with Crippen LogP contribution in [0.4, 0.5) is 0 Å². The van der Waals surface area contributed by atoms with Gasteiger partial charge in [-0.05, 0) is 12.1 Å². The first-order valence-electron chi connectivity index (χ1n) is 3.41. The predicted molar refractivity (Wildman–Crippen MR) is 45.2 cm³/mol. The Hall–Kier alpha value is -1.35. The van der Waals surface area contributed by atoms with E-state index in [9.17, 15) is 0 Å². The van der Waals surface area contributed by atoms with Crippen molar-refractivity contribution in [3.63, 3.8) is 0 Å². The highest BCUT2D eigenvalue weighted by Gasteiger charge is 1.98. The molecule has 0 aliphatic carbocycles. The molecule has 0 spiro atoms. The molecule has 0 amide bonds. The van der Waals surface area contributed by atoms with Crippen LogP contribution in [0.2, 0.25) is 5.15 Å². The van der Waals surface area contributed by atoms with Crippen LogP contribution in [-0.4, -0.2) is 14.8 Å². The van der Waals surface area contributed by atoms with E-state index in [2.05, 4.69) is 16.3 Å². The maximum atomic E-state index is 5.62. The highest BCUT2D eigenvalue weighted by Crippen LogP contribution is 2.06. The van der Waals surface area contributed by atoms with Gasteiger partial charge in [0, 0.05) is 12.3 Å². The largest absolute Gasteiger partial charge is 0.237 e. The molecule has 3 nitrogen and oxygen atoms in total. The first-order chi connectivity index (χ1) is 5.86. The fourth-order valence-electron chi connectivity index (χ4n) is 0.864. The minimum atomic E-state index is 0.417. The van der Waals surface area contributed by atoms with Crippen molar-refractivity contribution in [3.8, 4) is 5.82 Å². The van der Waals surface area contributed by atoms with Crippen LogP contribution >= 0.6 is 11.6 Å². The number of rotatable bonds is 1. The number of pyridine rings is 1. The smallest absolute Gasteiger partial charge is 0.154 e. The summed E-state index contributed by atoms with van der Waals surface area (Å²) in [5, 5.41) is 4.36. The molecular formula is C8H5ClN3. The monoisotopic (exact) mass is 178 g/mol. The summed E-state index contributed by atoms with van der Waals surface area (Å²) in [6.07, 6.45) is 4.53. The molecule has 0 atom stereocenters. The Labute approximate surface area is 74.6 Å². The van der Waals surface area contributed by atoms with Gasteiger partial charge >= 0.3 is 0 Å². The van der Waals surface area contributed by atoms with Crippen molar-refractivity contribution in [1.82, 2.24) is 14.8 Å². The zero-order valence-corrected chi connectivity index (χ0v) is 6.86. The highest BCUT2D eigenvalue weighted by atomic mass is 35.5. The number of halogens is 1. The van der Waals surface area contributed by atoms with E-state index in [1.807, 2.05) is 18.2 Å². The lowest BCUT2D eigenvalue weighted by Gasteiger charge is -1.95. The van der Waals surface area contributed by atoms with Crippen LogP contribution in [0, 0.1) is 6.20 Å². The fraction of sp³-hybridized carbons (Fsp3) is 0. The molecule has 0 aromatic carbocycles. The number of hydrogen-bond donors (Lipinski definition) is 0. The van der Waals surface area contributed by atoms with Gasteiger partial charge in [-0.25, -0.2) is 9.67 Å². The summed E-state index contributed by atoms with van der Waals surface area (Å²) in [4.78, 5) is 4.07. The molecule has 2 aromatic heterocycles. The maximum absolute atomic E-state index is 5.62. The van der Waals surface area contributed by atoms with Crippen molar-refractivity contribution in [2.24, 2.45) is 0 Å². The third-order valence-corrected chi connectivity index (χ3v) is 1.55. The van der Waals surface area contributed by atoms with Crippen molar-refractivity contribution in [1.29, 1.82) is 0 Å². The van der Waals surface area contributed by atoms with Crippen LogP contribution in [0.1, 0.15) is 0 Å². The second-order valence-corrected chi connectivity index (χ2v) is 2.58. The molecule has 2 heterocycles. The molecule has 4 heteroatoms. The van der Waals surface area contributed by atoms with E-state index < -0.39 is 0 Å². The highest BCUT2D eigenvalue weighted by molar-refractivity contribution is 6.29. The van der Waals surface area contributed by atoms with Gasteiger partial charge in [0.15, 0.2) is 11.0 Å². The van der Waals surface area contributed by atoms with Crippen LogP contribution in [0.3, 0.4) is 0 Å². The summed E-state index contributed by atoms with van der Waals surface area (Å²) < 4.78 is 1.50. The van der Waals surface area contributed by atoms with E-state index in [0.29, 0.717) is 11.0 Å². The Kier molecular flexibility index (Phi) is 1.80. The Morgan fingerprint density at radius 2 is 2.33 bits per heavy atom. The molecule has 59 valence electrons. The summed E-state index contributed by atoms with van der Waals surface area (Å²) in [5.74, 6) is 0.712. The minimum Gasteiger partial charge on any atom is -0.237 e. The first-order valence-corrected chi connectivity index (χ1v) is 3.79. The normalized spacial score (nSPS) is 10.1. The predicted octanol–water partition coefficient (Wildman–Crippen LogP) is 1.72. The second kappa shape index (κ2) is 2.95. The third kappa shape index (κ3) is 1.31. The van der Waals surface area contributed by atoms with Gasteiger partial charge in [-0.3, -0.25) is 0 Å². The molecule has 0 N–H and O–H groups in total. The Morgan fingerprint density at radius 1 is 1.42 bits per heavy atom. The number of aromatic nitrogens is 3. The van der Waals surface area contributed by atoms with Gasteiger partial charge in [0.25, 0.3) is 0 Å². The molecule has 0 aliphatic heterocycles. The van der Waals surface area contributed by atoms with Gasteiger partial charge in [-0.15, -0.1) is 0 Å². The summed E-state index contributed by atoms with van der Waals surface area (Å²) >= 11 is 5.62. The molecule has 0 fully saturated rings. The zero-order chi connectivity index (χ0) is 8.39. The minimum absolute atomic E-state index is 0.417. The van der Waals surface area contributed by atoms with Crippen molar-refractivity contribution < 1.29 is 0 Å². The summed E-state index contributed by atoms with van der Waals surface area (Å²) in [5.41, 5.74) is 0. The van der Waals surface area contributed by atoms with E-state index in [0.717, 1.165) is 0 Å². The molecular weight excluding hydrogens is 174 g/mol. The maximum Gasteiger partial charge on any atom is 0.154 e. The van der Waals surface area contributed by atoms with Crippen molar-refractivity contribution in [2.75, 3.05) is 0 Å². The molecule has 12 heavy (non-hydrogen) atoms. The second-order valence-electron chi connectivity index (χ2n) is 2.20. The lowest BCUT2D eigenvalue weighted by atomic mass is 10.5. The van der Waals surface area contributed by atoms with E-state index in [1.54, 1.807) is 12.3 Å². The van der Waals surface area contributed by atoms with Gasteiger partial charge < -0.3 is 0 Å². The van der Waals surface area contributed by atoms with E-state index in [-0.39, 0.29) is 0 Å². The van der Waals surface area contributed by atoms with Gasteiger partial charge in [0.2, 0.25) is 0 Å². The first kappa shape index (κ1) is 7.31. The third-order valence-electron chi connectivity index (χ3n) is 1.37. The summed E-state index contributed by atoms with van der Waals surface area (Å²) in [6.45, 7) is 0. The SMILES string of the molecule is Clc1c[c]n(-c2ccccn2)n1. The van der Waals surface area contributed by atoms with Crippen LogP contribution in [0.5, 0.6) is 0 Å². The Morgan fingerprint density at radius 3 is 2.92 bits per heavy atom. The molecule has 0 bridgehead atoms. The molecule has 2 aromatic rings. The molecule has 0 aliphatic rings. The molecule has 1 radical (unpaired) electrons. The Balaban J connectivity index is 2.45.